The topological polar surface area (TPSA) is 102 Å². The third kappa shape index (κ3) is 3.51. The highest BCUT2D eigenvalue weighted by Crippen LogP contribution is 2.07. The predicted octanol–water partition coefficient (Wildman–Crippen LogP) is 0.772. The average molecular weight is 305 g/mol. The molecule has 1 amide bonds. The molecule has 0 bridgehead atoms. The van der Waals surface area contributed by atoms with Gasteiger partial charge >= 0.3 is 5.97 Å². The average Bonchev–Trinajstić information content (AvgIpc) is 3.05. The molecule has 0 aliphatic heterocycles. The van der Waals surface area contributed by atoms with E-state index in [0.717, 1.165) is 11.4 Å². The van der Waals surface area contributed by atoms with Crippen molar-refractivity contribution in [1.29, 1.82) is 0 Å². The highest BCUT2D eigenvalue weighted by atomic mass is 16.4. The Kier molecular flexibility index (Phi) is 4.59. The maximum absolute atomic E-state index is 12.1. The Morgan fingerprint density at radius 3 is 2.68 bits per heavy atom. The van der Waals surface area contributed by atoms with E-state index in [-0.39, 0.29) is 11.5 Å². The van der Waals surface area contributed by atoms with Gasteiger partial charge in [-0.15, -0.1) is 0 Å². The van der Waals surface area contributed by atoms with Gasteiger partial charge in [0.2, 0.25) is 5.91 Å². The largest absolute Gasteiger partial charge is 0.478 e. The number of amides is 1. The van der Waals surface area contributed by atoms with Crippen LogP contribution in [0.5, 0.6) is 0 Å². The number of carbonyl (C=O) groups is 2. The van der Waals surface area contributed by atoms with Crippen molar-refractivity contribution in [2.75, 3.05) is 6.54 Å². The van der Waals surface area contributed by atoms with Crippen molar-refractivity contribution in [3.63, 3.8) is 0 Å². The molecule has 1 atom stereocenters. The maximum atomic E-state index is 12.1. The van der Waals surface area contributed by atoms with Crippen LogP contribution in [0.2, 0.25) is 0 Å². The molecule has 2 heterocycles. The fraction of sp³-hybridized carbons (Fsp3) is 0.429. The lowest BCUT2D eigenvalue weighted by atomic mass is 10.3. The number of rotatable bonds is 6. The first-order valence-electron chi connectivity index (χ1n) is 6.94. The zero-order valence-corrected chi connectivity index (χ0v) is 12.8. The molecule has 0 aliphatic rings. The second kappa shape index (κ2) is 6.42. The minimum Gasteiger partial charge on any atom is -0.478 e. The van der Waals surface area contributed by atoms with Gasteiger partial charge in [0.25, 0.3) is 0 Å². The second-order valence-electron chi connectivity index (χ2n) is 5.13. The number of carboxylic acid groups (broad SMARTS) is 1. The van der Waals surface area contributed by atoms with E-state index in [4.69, 9.17) is 5.11 Å². The molecular weight excluding hydrogens is 286 g/mol. The third-order valence-electron chi connectivity index (χ3n) is 3.35. The number of carbonyl (C=O) groups excluding carboxylic acids is 1. The summed E-state index contributed by atoms with van der Waals surface area (Å²) in [5.74, 6) is -1.29. The van der Waals surface area contributed by atoms with E-state index in [1.54, 1.807) is 6.92 Å². The molecule has 8 nitrogen and oxygen atoms in total. The number of aromatic carboxylic acids is 1. The van der Waals surface area contributed by atoms with Gasteiger partial charge in [0.1, 0.15) is 6.04 Å². The summed E-state index contributed by atoms with van der Waals surface area (Å²) in [6.45, 7) is 6.57. The molecule has 1 unspecified atom stereocenters. The Hall–Kier alpha value is -2.64. The fourth-order valence-corrected chi connectivity index (χ4v) is 2.11. The summed E-state index contributed by atoms with van der Waals surface area (Å²) < 4.78 is 3.17. The van der Waals surface area contributed by atoms with E-state index in [1.165, 1.54) is 17.1 Å². The van der Waals surface area contributed by atoms with Gasteiger partial charge in [-0.05, 0) is 26.8 Å². The Morgan fingerprint density at radius 2 is 2.14 bits per heavy atom. The monoisotopic (exact) mass is 305 g/mol. The molecule has 2 aromatic rings. The van der Waals surface area contributed by atoms with Gasteiger partial charge in [0.15, 0.2) is 0 Å². The van der Waals surface area contributed by atoms with Crippen molar-refractivity contribution in [1.82, 2.24) is 24.9 Å². The van der Waals surface area contributed by atoms with Gasteiger partial charge in [0, 0.05) is 18.4 Å². The zero-order chi connectivity index (χ0) is 16.3. The van der Waals surface area contributed by atoms with Crippen LogP contribution in [0.3, 0.4) is 0 Å². The number of aryl methyl sites for hydroxylation is 2. The van der Waals surface area contributed by atoms with Crippen molar-refractivity contribution in [3.05, 3.63) is 35.4 Å². The van der Waals surface area contributed by atoms with Crippen LogP contribution in [0.1, 0.15) is 34.7 Å². The van der Waals surface area contributed by atoms with Crippen LogP contribution >= 0.6 is 0 Å². The summed E-state index contributed by atoms with van der Waals surface area (Å²) >= 11 is 0. The van der Waals surface area contributed by atoms with E-state index in [0.29, 0.717) is 13.1 Å². The van der Waals surface area contributed by atoms with E-state index in [9.17, 15) is 9.59 Å². The SMILES string of the molecule is Cc1cc(C)n(CCNC(=O)C(C)n2cc(C(=O)O)cn2)n1. The number of nitrogens with one attached hydrogen (secondary N) is 1. The zero-order valence-electron chi connectivity index (χ0n) is 12.8. The van der Waals surface area contributed by atoms with Gasteiger partial charge in [-0.3, -0.25) is 14.2 Å². The highest BCUT2D eigenvalue weighted by Gasteiger charge is 2.17. The molecule has 0 aliphatic carbocycles. The van der Waals surface area contributed by atoms with Crippen LogP contribution < -0.4 is 5.32 Å². The van der Waals surface area contributed by atoms with Crippen LogP contribution in [0.4, 0.5) is 0 Å². The first-order valence-corrected chi connectivity index (χ1v) is 6.94. The number of hydrogen-bond donors (Lipinski definition) is 2. The van der Waals surface area contributed by atoms with Crippen LogP contribution in [0.15, 0.2) is 18.5 Å². The van der Waals surface area contributed by atoms with Crippen molar-refractivity contribution >= 4 is 11.9 Å². The minimum absolute atomic E-state index is 0.0577. The first-order chi connectivity index (χ1) is 10.4. The maximum Gasteiger partial charge on any atom is 0.338 e. The van der Waals surface area contributed by atoms with E-state index < -0.39 is 12.0 Å². The summed E-state index contributed by atoms with van der Waals surface area (Å²) in [5.41, 5.74) is 2.04. The van der Waals surface area contributed by atoms with Gasteiger partial charge in [0.05, 0.1) is 24.0 Å². The van der Waals surface area contributed by atoms with E-state index in [2.05, 4.69) is 15.5 Å². The molecule has 2 aromatic heterocycles. The van der Waals surface area contributed by atoms with Crippen LogP contribution in [-0.4, -0.2) is 43.1 Å². The number of aromatic nitrogens is 4. The fourth-order valence-electron chi connectivity index (χ4n) is 2.11. The van der Waals surface area contributed by atoms with Crippen molar-refractivity contribution in [2.45, 2.75) is 33.4 Å². The molecule has 2 N–H and O–H groups in total. The normalized spacial score (nSPS) is 12.1. The van der Waals surface area contributed by atoms with Crippen molar-refractivity contribution in [3.8, 4) is 0 Å². The molecule has 0 spiro atoms. The molecule has 0 saturated carbocycles. The summed E-state index contributed by atoms with van der Waals surface area (Å²) in [7, 11) is 0. The molecule has 0 radical (unpaired) electrons. The third-order valence-corrected chi connectivity index (χ3v) is 3.35. The lowest BCUT2D eigenvalue weighted by Crippen LogP contribution is -2.33. The smallest absolute Gasteiger partial charge is 0.338 e. The number of nitrogens with zero attached hydrogens (tertiary/aromatic N) is 4. The standard InChI is InChI=1S/C14H19N5O3/c1-9-6-10(2)18(17-9)5-4-15-13(20)11(3)19-8-12(7-16-19)14(21)22/h6-8,11H,4-5H2,1-3H3,(H,15,20)(H,21,22). The molecule has 0 saturated heterocycles. The van der Waals surface area contributed by atoms with Gasteiger partial charge in [-0.25, -0.2) is 4.79 Å². The Labute approximate surface area is 127 Å². The van der Waals surface area contributed by atoms with Crippen molar-refractivity contribution < 1.29 is 14.7 Å². The summed E-state index contributed by atoms with van der Waals surface area (Å²) in [5, 5.41) is 19.9. The Bertz CT molecular complexity index is 688. The quantitative estimate of drug-likeness (QED) is 0.821. The lowest BCUT2D eigenvalue weighted by molar-refractivity contribution is -0.124. The summed E-state index contributed by atoms with van der Waals surface area (Å²) in [4.78, 5) is 22.9. The molecule has 2 rings (SSSR count). The Morgan fingerprint density at radius 1 is 1.41 bits per heavy atom. The second-order valence-corrected chi connectivity index (χ2v) is 5.13. The molecule has 0 fully saturated rings. The van der Waals surface area contributed by atoms with Gasteiger partial charge in [-0.1, -0.05) is 0 Å². The molecular formula is C14H19N5O3. The van der Waals surface area contributed by atoms with Crippen LogP contribution in [0, 0.1) is 13.8 Å². The van der Waals surface area contributed by atoms with Crippen molar-refractivity contribution in [2.24, 2.45) is 0 Å². The number of carboxylic acids is 1. The van der Waals surface area contributed by atoms with Crippen LogP contribution in [0.25, 0.3) is 0 Å². The first kappa shape index (κ1) is 15.7. The van der Waals surface area contributed by atoms with E-state index in [1.807, 2.05) is 24.6 Å². The minimum atomic E-state index is -1.07. The summed E-state index contributed by atoms with van der Waals surface area (Å²) in [6.07, 6.45) is 2.57. The molecule has 22 heavy (non-hydrogen) atoms. The number of hydrogen-bond acceptors (Lipinski definition) is 4. The Balaban J connectivity index is 1.88. The van der Waals surface area contributed by atoms with Gasteiger partial charge in [-0.2, -0.15) is 10.2 Å². The predicted molar refractivity (Wildman–Crippen MR) is 78.6 cm³/mol. The van der Waals surface area contributed by atoms with E-state index >= 15 is 0 Å². The summed E-state index contributed by atoms with van der Waals surface area (Å²) in [6, 6.07) is 1.40. The lowest BCUT2D eigenvalue weighted by Gasteiger charge is -2.13. The van der Waals surface area contributed by atoms with Gasteiger partial charge < -0.3 is 10.4 Å². The molecule has 0 aromatic carbocycles. The highest BCUT2D eigenvalue weighted by molar-refractivity contribution is 5.87. The van der Waals surface area contributed by atoms with Crippen LogP contribution in [-0.2, 0) is 11.3 Å². The molecule has 8 heteroatoms. The molecule has 118 valence electrons.